The minimum Gasteiger partial charge on any atom is -0.396 e. The first kappa shape index (κ1) is 30.4. The van der Waals surface area contributed by atoms with Crippen LogP contribution in [0.1, 0.15) is 59.3 Å². The van der Waals surface area contributed by atoms with E-state index >= 15 is 0 Å². The van der Waals surface area contributed by atoms with Crippen LogP contribution in [-0.4, -0.2) is 80.4 Å². The lowest BCUT2D eigenvalue weighted by Crippen LogP contribution is -2.56. The standard InChI is InChI=1S/C32H45N3O4S/c1-6-14-23(4)33(19-7-2)30(39)27-32-18-17-31(5,40-32)25(26(32)29(38)35(27)21-12-13-22-36)28(37)34(20-8-3)24-15-10-9-11-16-24/h7-11,15-16,23,25-27,36H,2-3,6,12-14,17-22H2,1,4-5H3/t23?,25-,26+,27?,31+,32?/m1/s1. The molecule has 6 atom stereocenters. The van der Waals surface area contributed by atoms with Gasteiger partial charge in [0.1, 0.15) is 6.04 Å². The van der Waals surface area contributed by atoms with Gasteiger partial charge in [0.05, 0.1) is 16.6 Å². The second-order valence-electron chi connectivity index (χ2n) is 11.7. The van der Waals surface area contributed by atoms with Crippen LogP contribution in [0.4, 0.5) is 5.69 Å². The molecule has 4 rings (SSSR count). The third-order valence-corrected chi connectivity index (χ3v) is 11.1. The molecule has 3 aliphatic heterocycles. The van der Waals surface area contributed by atoms with Crippen molar-refractivity contribution < 1.29 is 19.5 Å². The maximum Gasteiger partial charge on any atom is 0.247 e. The molecule has 218 valence electrons. The van der Waals surface area contributed by atoms with Gasteiger partial charge in [-0.1, -0.05) is 43.7 Å². The lowest BCUT2D eigenvalue weighted by molar-refractivity contribution is -0.144. The number of hydrogen-bond acceptors (Lipinski definition) is 5. The SMILES string of the molecule is C=CCN(C(=O)[C@H]1[C@H]2C(=O)N(CCCCO)C(C(=O)N(CC=C)C(C)CCC)C23CC[C@]1(C)S3)c1ccccc1. The summed E-state index contributed by atoms with van der Waals surface area (Å²) in [6.07, 6.45) is 7.93. The van der Waals surface area contributed by atoms with E-state index in [1.165, 1.54) is 0 Å². The molecule has 0 aromatic heterocycles. The van der Waals surface area contributed by atoms with Crippen molar-refractivity contribution in [2.24, 2.45) is 11.8 Å². The molecule has 2 bridgehead atoms. The Morgan fingerprint density at radius 2 is 1.85 bits per heavy atom. The minimum atomic E-state index is -0.662. The van der Waals surface area contributed by atoms with Crippen LogP contribution in [0, 0.1) is 11.8 Å². The number of benzene rings is 1. The Kier molecular flexibility index (Phi) is 9.51. The Morgan fingerprint density at radius 3 is 2.48 bits per heavy atom. The molecular weight excluding hydrogens is 522 g/mol. The highest BCUT2D eigenvalue weighted by molar-refractivity contribution is 8.02. The van der Waals surface area contributed by atoms with Gasteiger partial charge in [-0.05, 0) is 58.1 Å². The van der Waals surface area contributed by atoms with Gasteiger partial charge in [0.15, 0.2) is 0 Å². The Morgan fingerprint density at radius 1 is 1.15 bits per heavy atom. The van der Waals surface area contributed by atoms with E-state index in [1.807, 2.05) is 35.2 Å². The Balaban J connectivity index is 1.77. The number of rotatable bonds is 14. The Bertz CT molecular complexity index is 1110. The summed E-state index contributed by atoms with van der Waals surface area (Å²) in [7, 11) is 0. The number of aliphatic hydroxyl groups is 1. The minimum absolute atomic E-state index is 0.0122. The summed E-state index contributed by atoms with van der Waals surface area (Å²) in [5.74, 6) is -1.34. The second-order valence-corrected chi connectivity index (χ2v) is 13.6. The summed E-state index contributed by atoms with van der Waals surface area (Å²) in [5.41, 5.74) is 0.779. The van der Waals surface area contributed by atoms with Crippen LogP contribution in [-0.2, 0) is 14.4 Å². The fourth-order valence-electron chi connectivity index (χ4n) is 7.30. The fraction of sp³-hybridized carbons (Fsp3) is 0.594. The number of thioether (sulfide) groups is 1. The zero-order valence-electron chi connectivity index (χ0n) is 24.3. The molecule has 3 unspecified atom stereocenters. The molecule has 1 spiro atoms. The molecule has 0 aliphatic carbocycles. The predicted molar refractivity (Wildman–Crippen MR) is 162 cm³/mol. The van der Waals surface area contributed by atoms with Crippen LogP contribution in [0.15, 0.2) is 55.6 Å². The van der Waals surface area contributed by atoms with Crippen LogP contribution in [0.5, 0.6) is 0 Å². The second kappa shape index (κ2) is 12.5. The molecule has 3 heterocycles. The average molecular weight is 568 g/mol. The van der Waals surface area contributed by atoms with Crippen molar-refractivity contribution in [3.63, 3.8) is 0 Å². The van der Waals surface area contributed by atoms with Gasteiger partial charge in [-0.2, -0.15) is 0 Å². The number of likely N-dealkylation sites (tertiary alicyclic amines) is 1. The number of fused-ring (bicyclic) bond motifs is 1. The van der Waals surface area contributed by atoms with Gasteiger partial charge >= 0.3 is 0 Å². The van der Waals surface area contributed by atoms with Gasteiger partial charge in [-0.25, -0.2) is 0 Å². The molecule has 1 aromatic carbocycles. The molecular formula is C32H45N3O4S. The number of aliphatic hydroxyl groups excluding tert-OH is 1. The van der Waals surface area contributed by atoms with E-state index in [0.29, 0.717) is 32.5 Å². The predicted octanol–water partition coefficient (Wildman–Crippen LogP) is 4.66. The lowest BCUT2D eigenvalue weighted by atomic mass is 9.66. The zero-order chi connectivity index (χ0) is 29.1. The monoisotopic (exact) mass is 567 g/mol. The number of nitrogens with zero attached hydrogens (tertiary/aromatic N) is 3. The van der Waals surface area contributed by atoms with Crippen LogP contribution in [0.3, 0.4) is 0 Å². The van der Waals surface area contributed by atoms with Crippen molar-refractivity contribution in [2.45, 2.75) is 80.9 Å². The summed E-state index contributed by atoms with van der Waals surface area (Å²) in [6.45, 7) is 15.3. The van der Waals surface area contributed by atoms with Crippen LogP contribution < -0.4 is 4.90 Å². The van der Waals surface area contributed by atoms with Crippen LogP contribution >= 0.6 is 11.8 Å². The highest BCUT2D eigenvalue weighted by Gasteiger charge is 2.77. The molecule has 1 aromatic rings. The average Bonchev–Trinajstić information content (AvgIpc) is 3.51. The molecule has 3 aliphatic rings. The van der Waals surface area contributed by atoms with E-state index in [4.69, 9.17) is 0 Å². The summed E-state index contributed by atoms with van der Waals surface area (Å²) in [5, 5.41) is 9.45. The first-order chi connectivity index (χ1) is 19.2. The van der Waals surface area contributed by atoms with Gasteiger partial charge in [-0.15, -0.1) is 24.9 Å². The quantitative estimate of drug-likeness (QED) is 0.261. The molecule has 3 amide bonds. The topological polar surface area (TPSA) is 81.2 Å². The zero-order valence-corrected chi connectivity index (χ0v) is 25.1. The van der Waals surface area contributed by atoms with Gasteiger partial charge in [0.2, 0.25) is 17.7 Å². The van der Waals surface area contributed by atoms with Gasteiger partial charge in [0.25, 0.3) is 0 Å². The Hall–Kier alpha value is -2.58. The number of para-hydroxylation sites is 1. The van der Waals surface area contributed by atoms with E-state index in [-0.39, 0.29) is 30.4 Å². The first-order valence-electron chi connectivity index (χ1n) is 14.7. The Labute approximate surface area is 243 Å². The highest BCUT2D eigenvalue weighted by Crippen LogP contribution is 2.71. The van der Waals surface area contributed by atoms with Crippen molar-refractivity contribution in [2.75, 3.05) is 31.1 Å². The summed E-state index contributed by atoms with van der Waals surface area (Å²) in [4.78, 5) is 48.7. The molecule has 0 saturated carbocycles. The van der Waals surface area contributed by atoms with E-state index in [9.17, 15) is 19.5 Å². The van der Waals surface area contributed by atoms with Crippen molar-refractivity contribution in [3.05, 3.63) is 55.6 Å². The summed E-state index contributed by atoms with van der Waals surface area (Å²) < 4.78 is -1.11. The first-order valence-corrected chi connectivity index (χ1v) is 15.5. The van der Waals surface area contributed by atoms with Crippen molar-refractivity contribution in [3.8, 4) is 0 Å². The van der Waals surface area contributed by atoms with Crippen LogP contribution in [0.25, 0.3) is 0 Å². The number of hydrogen-bond donors (Lipinski definition) is 1. The maximum absolute atomic E-state index is 14.5. The van der Waals surface area contributed by atoms with Crippen molar-refractivity contribution in [1.82, 2.24) is 9.80 Å². The fourth-order valence-corrected chi connectivity index (χ4v) is 9.64. The molecule has 7 nitrogen and oxygen atoms in total. The molecule has 0 radical (unpaired) electrons. The molecule has 1 N–H and O–H groups in total. The van der Waals surface area contributed by atoms with E-state index in [1.54, 1.807) is 33.7 Å². The van der Waals surface area contributed by atoms with Crippen molar-refractivity contribution in [1.29, 1.82) is 0 Å². The number of amides is 3. The van der Waals surface area contributed by atoms with E-state index in [2.05, 4.69) is 33.9 Å². The molecule has 8 heteroatoms. The number of carbonyl (C=O) groups excluding carboxylic acids is 3. The largest absolute Gasteiger partial charge is 0.396 e. The molecule has 3 saturated heterocycles. The van der Waals surface area contributed by atoms with Gasteiger partial charge < -0.3 is 19.8 Å². The van der Waals surface area contributed by atoms with E-state index in [0.717, 1.165) is 31.4 Å². The van der Waals surface area contributed by atoms with Crippen LogP contribution in [0.2, 0.25) is 0 Å². The smallest absolute Gasteiger partial charge is 0.247 e. The van der Waals surface area contributed by atoms with Gasteiger partial charge in [0, 0.05) is 42.7 Å². The highest BCUT2D eigenvalue weighted by atomic mass is 32.2. The number of unbranched alkanes of at least 4 members (excludes halogenated alkanes) is 1. The van der Waals surface area contributed by atoms with E-state index < -0.39 is 27.4 Å². The summed E-state index contributed by atoms with van der Waals surface area (Å²) >= 11 is 1.70. The molecule has 40 heavy (non-hydrogen) atoms. The lowest BCUT2D eigenvalue weighted by Gasteiger charge is -2.39. The molecule has 3 fully saturated rings. The summed E-state index contributed by atoms with van der Waals surface area (Å²) in [6, 6.07) is 8.91. The normalized spacial score (nSPS) is 29.2. The third kappa shape index (κ3) is 5.13. The number of carbonyl (C=O) groups is 3. The van der Waals surface area contributed by atoms with Crippen molar-refractivity contribution >= 4 is 35.2 Å². The number of anilines is 1. The third-order valence-electron chi connectivity index (χ3n) is 9.08. The van der Waals surface area contributed by atoms with Gasteiger partial charge in [-0.3, -0.25) is 14.4 Å². The maximum atomic E-state index is 14.5.